The van der Waals surface area contributed by atoms with E-state index in [0.717, 1.165) is 12.1 Å². The molecule has 4 heteroatoms. The number of aromatic nitrogens is 2. The van der Waals surface area contributed by atoms with Gasteiger partial charge in [-0.2, -0.15) is 0 Å². The zero-order valence-electron chi connectivity index (χ0n) is 13.0. The lowest BCUT2D eigenvalue weighted by Crippen LogP contribution is -2.33. The Labute approximate surface area is 126 Å². The minimum Gasteiger partial charge on any atom is -0.387 e. The fraction of sp³-hybridized carbons (Fsp3) is 0.471. The number of hydrogen-bond donors (Lipinski definition) is 2. The lowest BCUT2D eigenvalue weighted by Gasteiger charge is -2.18. The molecule has 2 unspecified atom stereocenters. The third-order valence-electron chi connectivity index (χ3n) is 3.69. The second-order valence-electron chi connectivity index (χ2n) is 5.91. The van der Waals surface area contributed by atoms with Gasteiger partial charge in [-0.05, 0) is 24.0 Å². The average Bonchev–Trinajstić information content (AvgIpc) is 2.97. The quantitative estimate of drug-likeness (QED) is 0.823. The Hall–Kier alpha value is -1.65. The van der Waals surface area contributed by atoms with Crippen LogP contribution in [-0.4, -0.2) is 27.2 Å². The highest BCUT2D eigenvalue weighted by Crippen LogP contribution is 2.18. The van der Waals surface area contributed by atoms with Crippen LogP contribution < -0.4 is 5.32 Å². The number of imidazole rings is 1. The van der Waals surface area contributed by atoms with Gasteiger partial charge in [-0.25, -0.2) is 4.98 Å². The summed E-state index contributed by atoms with van der Waals surface area (Å²) in [6, 6.07) is 8.50. The number of nitrogens with zero attached hydrogens (tertiary/aromatic N) is 2. The Bertz CT molecular complexity index is 519. The molecule has 0 aliphatic heterocycles. The maximum atomic E-state index is 10.2. The Morgan fingerprint density at radius 3 is 2.38 bits per heavy atom. The van der Waals surface area contributed by atoms with Crippen molar-refractivity contribution in [1.82, 2.24) is 14.9 Å². The topological polar surface area (TPSA) is 50.1 Å². The van der Waals surface area contributed by atoms with E-state index in [1.165, 1.54) is 5.56 Å². The van der Waals surface area contributed by atoms with Crippen molar-refractivity contribution >= 4 is 0 Å². The number of benzene rings is 1. The van der Waals surface area contributed by atoms with Crippen molar-refractivity contribution in [3.05, 3.63) is 54.1 Å². The summed E-state index contributed by atoms with van der Waals surface area (Å²) >= 11 is 0. The van der Waals surface area contributed by atoms with Crippen LogP contribution in [0.5, 0.6) is 0 Å². The summed E-state index contributed by atoms with van der Waals surface area (Å²) in [6.07, 6.45) is 5.05. The molecular weight excluding hydrogens is 262 g/mol. The number of hydrogen-bond acceptors (Lipinski definition) is 3. The smallest absolute Gasteiger partial charge is 0.0946 e. The Balaban J connectivity index is 1.82. The zero-order valence-corrected chi connectivity index (χ0v) is 13.0. The zero-order chi connectivity index (χ0) is 15.2. The summed E-state index contributed by atoms with van der Waals surface area (Å²) in [6.45, 7) is 7.85. The lowest BCUT2D eigenvalue weighted by atomic mass is 10.00. The van der Waals surface area contributed by atoms with E-state index in [-0.39, 0.29) is 6.04 Å². The van der Waals surface area contributed by atoms with Crippen molar-refractivity contribution < 1.29 is 5.11 Å². The molecule has 4 nitrogen and oxygen atoms in total. The first-order chi connectivity index (χ1) is 10.1. The Morgan fingerprint density at radius 1 is 1.14 bits per heavy atom. The Kier molecular flexibility index (Phi) is 5.53. The summed E-state index contributed by atoms with van der Waals surface area (Å²) in [5.74, 6) is 0.518. The van der Waals surface area contributed by atoms with E-state index < -0.39 is 6.10 Å². The van der Waals surface area contributed by atoms with Gasteiger partial charge in [0.15, 0.2) is 0 Å². The van der Waals surface area contributed by atoms with Crippen molar-refractivity contribution in [3.63, 3.8) is 0 Å². The van der Waals surface area contributed by atoms with Gasteiger partial charge in [0.2, 0.25) is 0 Å². The minimum atomic E-state index is -0.476. The largest absolute Gasteiger partial charge is 0.387 e. The van der Waals surface area contributed by atoms with Gasteiger partial charge in [0, 0.05) is 31.5 Å². The van der Waals surface area contributed by atoms with E-state index in [1.807, 2.05) is 22.9 Å². The second-order valence-corrected chi connectivity index (χ2v) is 5.91. The third-order valence-corrected chi connectivity index (χ3v) is 3.69. The highest BCUT2D eigenvalue weighted by Gasteiger charge is 2.10. The second kappa shape index (κ2) is 7.38. The lowest BCUT2D eigenvalue weighted by molar-refractivity contribution is 0.169. The van der Waals surface area contributed by atoms with Crippen LogP contribution >= 0.6 is 0 Å². The number of nitrogens with one attached hydrogen (secondary N) is 1. The van der Waals surface area contributed by atoms with Crippen molar-refractivity contribution in [2.75, 3.05) is 6.54 Å². The molecule has 0 saturated carbocycles. The van der Waals surface area contributed by atoms with E-state index in [4.69, 9.17) is 0 Å². The molecule has 0 saturated heterocycles. The molecule has 2 aromatic rings. The molecule has 2 N–H and O–H groups in total. The number of aliphatic hydroxyl groups is 1. The first-order valence-corrected chi connectivity index (χ1v) is 7.53. The molecule has 2 rings (SSSR count). The molecule has 0 amide bonds. The molecule has 0 bridgehead atoms. The molecule has 0 aliphatic rings. The molecule has 1 aromatic heterocycles. The van der Waals surface area contributed by atoms with Crippen LogP contribution in [0.15, 0.2) is 43.0 Å². The first kappa shape index (κ1) is 15.7. The standard InChI is InChI=1S/C17H25N3O/c1-13(2)15-4-6-16(7-5-15)17(21)10-19-14(3)11-20-9-8-18-12-20/h4-9,12-14,17,19,21H,10-11H2,1-3H3. The SMILES string of the molecule is CC(Cn1ccnc1)NCC(O)c1ccc(C(C)C)cc1. The first-order valence-electron chi connectivity index (χ1n) is 7.53. The van der Waals surface area contributed by atoms with Gasteiger partial charge in [0.1, 0.15) is 0 Å². The van der Waals surface area contributed by atoms with Crippen molar-refractivity contribution in [2.24, 2.45) is 0 Å². The van der Waals surface area contributed by atoms with Gasteiger partial charge < -0.3 is 15.0 Å². The minimum absolute atomic E-state index is 0.281. The van der Waals surface area contributed by atoms with Crippen LogP contribution in [0.2, 0.25) is 0 Å². The molecule has 21 heavy (non-hydrogen) atoms. The van der Waals surface area contributed by atoms with E-state index in [2.05, 4.69) is 43.2 Å². The van der Waals surface area contributed by atoms with Gasteiger partial charge in [-0.3, -0.25) is 0 Å². The molecule has 114 valence electrons. The van der Waals surface area contributed by atoms with E-state index >= 15 is 0 Å². The molecule has 0 radical (unpaired) electrons. The van der Waals surface area contributed by atoms with Crippen molar-refractivity contribution in [2.45, 2.75) is 45.4 Å². The predicted octanol–water partition coefficient (Wildman–Crippen LogP) is 2.72. The summed E-state index contributed by atoms with van der Waals surface area (Å²) in [5, 5.41) is 13.6. The van der Waals surface area contributed by atoms with Gasteiger partial charge >= 0.3 is 0 Å². The van der Waals surface area contributed by atoms with Crippen molar-refractivity contribution in [3.8, 4) is 0 Å². The van der Waals surface area contributed by atoms with Crippen LogP contribution in [0.1, 0.15) is 43.9 Å². The fourth-order valence-electron chi connectivity index (χ4n) is 2.31. The van der Waals surface area contributed by atoms with Crippen LogP contribution in [0.3, 0.4) is 0 Å². The van der Waals surface area contributed by atoms with Gasteiger partial charge in [-0.15, -0.1) is 0 Å². The molecule has 0 spiro atoms. The molecule has 1 aromatic carbocycles. The normalized spacial score (nSPS) is 14.3. The monoisotopic (exact) mass is 287 g/mol. The summed E-state index contributed by atoms with van der Waals surface area (Å²) in [5.41, 5.74) is 2.26. The molecule has 0 aliphatic carbocycles. The number of rotatable bonds is 7. The van der Waals surface area contributed by atoms with Crippen LogP contribution in [0.25, 0.3) is 0 Å². The summed E-state index contributed by atoms with van der Waals surface area (Å²) < 4.78 is 2.03. The maximum Gasteiger partial charge on any atom is 0.0946 e. The fourth-order valence-corrected chi connectivity index (χ4v) is 2.31. The van der Waals surface area contributed by atoms with Gasteiger partial charge in [0.25, 0.3) is 0 Å². The highest BCUT2D eigenvalue weighted by molar-refractivity contribution is 5.26. The highest BCUT2D eigenvalue weighted by atomic mass is 16.3. The Morgan fingerprint density at radius 2 is 1.81 bits per heavy atom. The van der Waals surface area contributed by atoms with Crippen LogP contribution in [0, 0.1) is 0 Å². The van der Waals surface area contributed by atoms with Crippen LogP contribution in [-0.2, 0) is 6.54 Å². The number of aliphatic hydroxyl groups excluding tert-OH is 1. The van der Waals surface area contributed by atoms with E-state index in [9.17, 15) is 5.11 Å². The maximum absolute atomic E-state index is 10.2. The molecule has 1 heterocycles. The molecule has 2 atom stereocenters. The predicted molar refractivity (Wildman–Crippen MR) is 85.2 cm³/mol. The molecular formula is C17H25N3O. The summed E-state index contributed by atoms with van der Waals surface area (Å²) in [4.78, 5) is 4.03. The van der Waals surface area contributed by atoms with Crippen molar-refractivity contribution in [1.29, 1.82) is 0 Å². The van der Waals surface area contributed by atoms with Gasteiger partial charge in [-0.1, -0.05) is 38.1 Å². The van der Waals surface area contributed by atoms with Crippen LogP contribution in [0.4, 0.5) is 0 Å². The average molecular weight is 287 g/mol. The summed E-state index contributed by atoms with van der Waals surface area (Å²) in [7, 11) is 0. The van der Waals surface area contributed by atoms with E-state index in [0.29, 0.717) is 12.5 Å². The van der Waals surface area contributed by atoms with E-state index in [1.54, 1.807) is 12.5 Å². The third kappa shape index (κ3) is 4.69. The van der Waals surface area contributed by atoms with Gasteiger partial charge in [0.05, 0.1) is 12.4 Å². The molecule has 0 fully saturated rings.